The second kappa shape index (κ2) is 4.74. The summed E-state index contributed by atoms with van der Waals surface area (Å²) in [5, 5.41) is 11.3. The SMILES string of the molecule is Cc1ccc(Oc2nccc3ccc(O)cc23)c(N)c1. The number of rotatable bonds is 2. The lowest BCUT2D eigenvalue weighted by Crippen LogP contribution is -1.94. The van der Waals surface area contributed by atoms with Gasteiger partial charge in [0.2, 0.25) is 5.88 Å². The van der Waals surface area contributed by atoms with E-state index in [1.807, 2.05) is 37.3 Å². The monoisotopic (exact) mass is 266 g/mol. The van der Waals surface area contributed by atoms with Crippen LogP contribution in [0.15, 0.2) is 48.7 Å². The van der Waals surface area contributed by atoms with Crippen LogP contribution in [0.5, 0.6) is 17.4 Å². The summed E-state index contributed by atoms with van der Waals surface area (Å²) in [6.07, 6.45) is 1.67. The molecule has 2 aromatic carbocycles. The zero-order valence-electron chi connectivity index (χ0n) is 11.0. The number of fused-ring (bicyclic) bond motifs is 1. The molecule has 100 valence electrons. The van der Waals surface area contributed by atoms with Gasteiger partial charge in [-0.3, -0.25) is 0 Å². The highest BCUT2D eigenvalue weighted by Crippen LogP contribution is 2.32. The van der Waals surface area contributed by atoms with Gasteiger partial charge in [0.1, 0.15) is 5.75 Å². The van der Waals surface area contributed by atoms with Crippen LogP contribution in [-0.4, -0.2) is 10.1 Å². The Morgan fingerprint density at radius 3 is 2.75 bits per heavy atom. The first-order chi connectivity index (χ1) is 9.63. The third-order valence-electron chi connectivity index (χ3n) is 3.09. The van der Waals surface area contributed by atoms with Crippen molar-refractivity contribution >= 4 is 16.5 Å². The molecule has 4 nitrogen and oxygen atoms in total. The van der Waals surface area contributed by atoms with Gasteiger partial charge in [-0.15, -0.1) is 0 Å². The van der Waals surface area contributed by atoms with E-state index in [1.165, 1.54) is 0 Å². The predicted octanol–water partition coefficient (Wildman–Crippen LogP) is 3.62. The van der Waals surface area contributed by atoms with Crippen molar-refractivity contribution in [1.29, 1.82) is 0 Å². The summed E-state index contributed by atoms with van der Waals surface area (Å²) in [5.41, 5.74) is 7.57. The molecule has 0 saturated heterocycles. The predicted molar refractivity (Wildman–Crippen MR) is 79.1 cm³/mol. The number of hydrogen-bond acceptors (Lipinski definition) is 4. The summed E-state index contributed by atoms with van der Waals surface area (Å²) in [7, 11) is 0. The Bertz CT molecular complexity index is 785. The number of ether oxygens (including phenoxy) is 1. The second-order valence-electron chi connectivity index (χ2n) is 4.66. The zero-order chi connectivity index (χ0) is 14.1. The number of nitrogen functional groups attached to an aromatic ring is 1. The van der Waals surface area contributed by atoms with Gasteiger partial charge in [0, 0.05) is 11.6 Å². The van der Waals surface area contributed by atoms with Crippen LogP contribution in [0.1, 0.15) is 5.56 Å². The van der Waals surface area contributed by atoms with E-state index in [0.29, 0.717) is 17.3 Å². The van der Waals surface area contributed by atoms with Gasteiger partial charge in [0.15, 0.2) is 5.75 Å². The lowest BCUT2D eigenvalue weighted by Gasteiger charge is -2.10. The van der Waals surface area contributed by atoms with Gasteiger partial charge in [0.05, 0.1) is 5.69 Å². The molecule has 0 fully saturated rings. The van der Waals surface area contributed by atoms with E-state index >= 15 is 0 Å². The van der Waals surface area contributed by atoms with E-state index in [-0.39, 0.29) is 5.75 Å². The van der Waals surface area contributed by atoms with E-state index in [2.05, 4.69) is 4.98 Å². The first-order valence-corrected chi connectivity index (χ1v) is 6.25. The summed E-state index contributed by atoms with van der Waals surface area (Å²) >= 11 is 0. The van der Waals surface area contributed by atoms with Crippen LogP contribution in [0.4, 0.5) is 5.69 Å². The van der Waals surface area contributed by atoms with Crippen molar-refractivity contribution < 1.29 is 9.84 Å². The van der Waals surface area contributed by atoms with Crippen LogP contribution in [0, 0.1) is 6.92 Å². The van der Waals surface area contributed by atoms with Crippen molar-refractivity contribution in [2.75, 3.05) is 5.73 Å². The fourth-order valence-electron chi connectivity index (χ4n) is 2.08. The Morgan fingerprint density at radius 2 is 1.95 bits per heavy atom. The summed E-state index contributed by atoms with van der Waals surface area (Å²) in [5.74, 6) is 1.15. The molecule has 0 aliphatic rings. The number of aromatic hydroxyl groups is 1. The Hall–Kier alpha value is -2.75. The zero-order valence-corrected chi connectivity index (χ0v) is 11.0. The maximum absolute atomic E-state index is 9.60. The van der Waals surface area contributed by atoms with E-state index < -0.39 is 0 Å². The van der Waals surface area contributed by atoms with Gasteiger partial charge >= 0.3 is 0 Å². The van der Waals surface area contributed by atoms with Crippen molar-refractivity contribution in [1.82, 2.24) is 4.98 Å². The second-order valence-corrected chi connectivity index (χ2v) is 4.66. The highest BCUT2D eigenvalue weighted by Gasteiger charge is 2.08. The molecule has 0 radical (unpaired) electrons. The number of benzene rings is 2. The molecule has 0 bridgehead atoms. The molecule has 0 aliphatic heterocycles. The van der Waals surface area contributed by atoms with Gasteiger partial charge in [-0.2, -0.15) is 0 Å². The number of hydrogen-bond donors (Lipinski definition) is 2. The van der Waals surface area contributed by atoms with Gasteiger partial charge in [-0.25, -0.2) is 4.98 Å². The van der Waals surface area contributed by atoms with Crippen LogP contribution < -0.4 is 10.5 Å². The molecule has 0 spiro atoms. The molecule has 0 unspecified atom stereocenters. The standard InChI is InChI=1S/C16H14N2O2/c1-10-2-5-15(14(17)8-10)20-16-13-9-12(19)4-3-11(13)6-7-18-16/h2-9,19H,17H2,1H3. The van der Waals surface area contributed by atoms with Crippen LogP contribution >= 0.6 is 0 Å². The largest absolute Gasteiger partial charge is 0.508 e. The number of phenolic OH excluding ortho intramolecular Hbond substituents is 1. The van der Waals surface area contributed by atoms with Gasteiger partial charge in [-0.1, -0.05) is 12.1 Å². The first-order valence-electron chi connectivity index (χ1n) is 6.25. The van der Waals surface area contributed by atoms with Crippen LogP contribution in [0.25, 0.3) is 10.8 Å². The molecular weight excluding hydrogens is 252 g/mol. The number of aryl methyl sites for hydroxylation is 1. The quantitative estimate of drug-likeness (QED) is 0.695. The Balaban J connectivity index is 2.08. The van der Waals surface area contributed by atoms with Crippen LogP contribution in [0.3, 0.4) is 0 Å². The molecule has 0 amide bonds. The molecule has 3 rings (SSSR count). The molecule has 0 saturated carbocycles. The van der Waals surface area contributed by atoms with Gasteiger partial charge in [-0.05, 0) is 48.2 Å². The fraction of sp³-hybridized carbons (Fsp3) is 0.0625. The maximum Gasteiger partial charge on any atom is 0.227 e. The first kappa shape index (κ1) is 12.3. The van der Waals surface area contributed by atoms with Gasteiger partial charge in [0.25, 0.3) is 0 Å². The summed E-state index contributed by atoms with van der Waals surface area (Å²) < 4.78 is 5.79. The van der Waals surface area contributed by atoms with Gasteiger partial charge < -0.3 is 15.6 Å². The highest BCUT2D eigenvalue weighted by molar-refractivity contribution is 5.88. The topological polar surface area (TPSA) is 68.4 Å². The summed E-state index contributed by atoms with van der Waals surface area (Å²) in [6.45, 7) is 1.97. The fourth-order valence-corrected chi connectivity index (χ4v) is 2.08. The Kier molecular flexibility index (Phi) is 2.91. The number of pyridine rings is 1. The number of nitrogens with zero attached hydrogens (tertiary/aromatic N) is 1. The molecule has 0 atom stereocenters. The lowest BCUT2D eigenvalue weighted by atomic mass is 10.1. The normalized spacial score (nSPS) is 10.7. The summed E-state index contributed by atoms with van der Waals surface area (Å²) in [4.78, 5) is 4.22. The van der Waals surface area contributed by atoms with E-state index in [1.54, 1.807) is 18.3 Å². The van der Waals surface area contributed by atoms with Crippen molar-refractivity contribution in [3.63, 3.8) is 0 Å². The Labute approximate surface area is 116 Å². The number of phenols is 1. The molecule has 1 heterocycles. The van der Waals surface area contributed by atoms with Crippen molar-refractivity contribution in [2.24, 2.45) is 0 Å². The lowest BCUT2D eigenvalue weighted by molar-refractivity contribution is 0.467. The van der Waals surface area contributed by atoms with Crippen molar-refractivity contribution in [3.05, 3.63) is 54.2 Å². The number of anilines is 1. The molecular formula is C16H14N2O2. The minimum Gasteiger partial charge on any atom is -0.508 e. The molecule has 1 aromatic heterocycles. The molecule has 3 aromatic rings. The molecule has 4 heteroatoms. The number of aromatic nitrogens is 1. The minimum atomic E-state index is 0.173. The molecule has 3 N–H and O–H groups in total. The molecule has 0 aliphatic carbocycles. The van der Waals surface area contributed by atoms with Crippen molar-refractivity contribution in [3.8, 4) is 17.4 Å². The average molecular weight is 266 g/mol. The van der Waals surface area contributed by atoms with E-state index in [9.17, 15) is 5.11 Å². The number of nitrogens with two attached hydrogens (primary N) is 1. The maximum atomic E-state index is 9.60. The minimum absolute atomic E-state index is 0.173. The van der Waals surface area contributed by atoms with E-state index in [0.717, 1.165) is 16.3 Å². The smallest absolute Gasteiger partial charge is 0.227 e. The Morgan fingerprint density at radius 1 is 1.10 bits per heavy atom. The third kappa shape index (κ3) is 2.23. The van der Waals surface area contributed by atoms with Crippen LogP contribution in [0.2, 0.25) is 0 Å². The highest BCUT2D eigenvalue weighted by atomic mass is 16.5. The third-order valence-corrected chi connectivity index (χ3v) is 3.09. The van der Waals surface area contributed by atoms with E-state index in [4.69, 9.17) is 10.5 Å². The van der Waals surface area contributed by atoms with Crippen molar-refractivity contribution in [2.45, 2.75) is 6.92 Å². The molecule has 20 heavy (non-hydrogen) atoms. The summed E-state index contributed by atoms with van der Waals surface area (Å²) in [6, 6.07) is 12.5. The average Bonchev–Trinajstić information content (AvgIpc) is 2.42. The van der Waals surface area contributed by atoms with Crippen LogP contribution in [-0.2, 0) is 0 Å².